The van der Waals surface area contributed by atoms with Crippen LogP contribution in [-0.2, 0) is 14.4 Å². The van der Waals surface area contributed by atoms with Gasteiger partial charge in [0.25, 0.3) is 0 Å². The fourth-order valence-electron chi connectivity index (χ4n) is 2.93. The number of anilines is 1. The Hall–Kier alpha value is -3.74. The van der Waals surface area contributed by atoms with Crippen LogP contribution in [0.15, 0.2) is 29.6 Å². The predicted molar refractivity (Wildman–Crippen MR) is 121 cm³/mol. The molecule has 1 aromatic carbocycles. The topological polar surface area (TPSA) is 178 Å². The number of nitrogens with zero attached hydrogens (tertiary/aromatic N) is 1. The minimum absolute atomic E-state index is 0.0405. The number of unbranched alkanes of at least 4 members (excludes halogenated alkanes) is 1. The molecule has 1 unspecified atom stereocenters. The summed E-state index contributed by atoms with van der Waals surface area (Å²) in [5.41, 5.74) is 1.28. The second kappa shape index (κ2) is 13.1. The van der Waals surface area contributed by atoms with E-state index < -0.39 is 42.6 Å². The van der Waals surface area contributed by atoms with E-state index in [1.807, 2.05) is 0 Å². The number of rotatable bonds is 14. The second-order valence-electron chi connectivity index (χ2n) is 7.32. The highest BCUT2D eigenvalue weighted by molar-refractivity contribution is 7.14. The molecule has 0 saturated carbocycles. The number of amides is 2. The number of benzene rings is 1. The van der Waals surface area contributed by atoms with Crippen LogP contribution in [0.4, 0.5) is 14.3 Å². The monoisotopic (exact) mass is 496 g/mol. The molecule has 0 radical (unpaired) electrons. The number of urea groups is 1. The van der Waals surface area contributed by atoms with E-state index in [1.54, 1.807) is 17.5 Å². The quantitative estimate of drug-likeness (QED) is 0.169. The number of hydrogen-bond acceptors (Lipinski definition) is 7. The number of aromatic nitrogens is 1. The Balaban J connectivity index is 2.04. The second-order valence-corrected chi connectivity index (χ2v) is 8.18. The minimum atomic E-state index is -1.39. The van der Waals surface area contributed by atoms with Crippen molar-refractivity contribution in [2.45, 2.75) is 50.7 Å². The lowest BCUT2D eigenvalue weighted by Gasteiger charge is -2.22. The largest absolute Gasteiger partial charge is 0.481 e. The molecule has 0 aliphatic rings. The van der Waals surface area contributed by atoms with E-state index in [0.29, 0.717) is 35.7 Å². The van der Waals surface area contributed by atoms with Crippen molar-refractivity contribution in [2.24, 2.45) is 0 Å². The van der Waals surface area contributed by atoms with Gasteiger partial charge in [0.15, 0.2) is 5.13 Å². The molecule has 1 aromatic heterocycles. The summed E-state index contributed by atoms with van der Waals surface area (Å²) in [6.07, 6.45) is -0.342. The van der Waals surface area contributed by atoms with Crippen LogP contribution in [0.1, 0.15) is 38.5 Å². The van der Waals surface area contributed by atoms with Gasteiger partial charge in [-0.25, -0.2) is 19.0 Å². The molecule has 13 heteroatoms. The first-order valence-electron chi connectivity index (χ1n) is 10.4. The highest BCUT2D eigenvalue weighted by Gasteiger charge is 2.22. The average Bonchev–Trinajstić information content (AvgIpc) is 3.22. The molecule has 0 aliphatic carbocycles. The number of thiazole rings is 1. The number of aliphatic carboxylic acids is 3. The molecule has 2 aromatic rings. The molecular weight excluding hydrogens is 471 g/mol. The van der Waals surface area contributed by atoms with Gasteiger partial charge in [0.1, 0.15) is 18.0 Å². The van der Waals surface area contributed by atoms with Crippen molar-refractivity contribution in [1.82, 2.24) is 15.6 Å². The van der Waals surface area contributed by atoms with Gasteiger partial charge in [-0.1, -0.05) is 0 Å². The van der Waals surface area contributed by atoms with E-state index in [1.165, 1.54) is 23.5 Å². The fraction of sp³-hybridized carbons (Fsp3) is 0.381. The minimum Gasteiger partial charge on any atom is -0.481 e. The molecule has 34 heavy (non-hydrogen) atoms. The van der Waals surface area contributed by atoms with E-state index >= 15 is 0 Å². The molecule has 0 fully saturated rings. The third kappa shape index (κ3) is 9.40. The van der Waals surface area contributed by atoms with Crippen molar-refractivity contribution < 1.29 is 38.9 Å². The molecule has 0 bridgehead atoms. The van der Waals surface area contributed by atoms with E-state index in [-0.39, 0.29) is 18.7 Å². The lowest BCUT2D eigenvalue weighted by atomic mass is 10.1. The summed E-state index contributed by atoms with van der Waals surface area (Å²) in [5, 5.41) is 36.8. The molecule has 6 N–H and O–H groups in total. The van der Waals surface area contributed by atoms with Gasteiger partial charge in [0.05, 0.1) is 5.69 Å². The van der Waals surface area contributed by atoms with Crippen LogP contribution in [-0.4, -0.2) is 56.5 Å². The van der Waals surface area contributed by atoms with Crippen LogP contribution in [0.3, 0.4) is 0 Å². The van der Waals surface area contributed by atoms with E-state index in [9.17, 15) is 28.7 Å². The lowest BCUT2D eigenvalue weighted by molar-refractivity contribution is -0.141. The summed E-state index contributed by atoms with van der Waals surface area (Å²) in [6.45, 7) is 0. The van der Waals surface area contributed by atoms with Crippen LogP contribution in [0.2, 0.25) is 0 Å². The van der Waals surface area contributed by atoms with Crippen molar-refractivity contribution in [2.75, 3.05) is 5.32 Å². The molecule has 0 spiro atoms. The third-order valence-electron chi connectivity index (χ3n) is 4.63. The van der Waals surface area contributed by atoms with Crippen molar-refractivity contribution >= 4 is 40.4 Å². The Bertz CT molecular complexity index is 999. The third-order valence-corrected chi connectivity index (χ3v) is 5.40. The number of carboxylic acids is 3. The van der Waals surface area contributed by atoms with Gasteiger partial charge in [-0.3, -0.25) is 9.59 Å². The highest BCUT2D eigenvalue weighted by atomic mass is 32.1. The van der Waals surface area contributed by atoms with Crippen LogP contribution < -0.4 is 16.0 Å². The lowest BCUT2D eigenvalue weighted by Crippen LogP contribution is -2.51. The van der Waals surface area contributed by atoms with Gasteiger partial charge >= 0.3 is 23.9 Å². The molecule has 11 nitrogen and oxygen atoms in total. The summed E-state index contributed by atoms with van der Waals surface area (Å²) in [7, 11) is 0. The van der Waals surface area contributed by atoms with Crippen molar-refractivity contribution in [3.05, 3.63) is 35.5 Å². The van der Waals surface area contributed by atoms with Gasteiger partial charge in [-0.15, -0.1) is 11.3 Å². The number of carbonyl (C=O) groups is 4. The SMILES string of the molecule is O=C(O)CCCCC(NC(=O)N[C@@H](CCC(=O)O)C(=O)O)Nc1nc(-c2ccc(F)cc2)cs1. The van der Waals surface area contributed by atoms with Crippen molar-refractivity contribution in [3.8, 4) is 11.3 Å². The summed E-state index contributed by atoms with van der Waals surface area (Å²) < 4.78 is 13.1. The van der Waals surface area contributed by atoms with E-state index in [0.717, 1.165) is 0 Å². The van der Waals surface area contributed by atoms with E-state index in [4.69, 9.17) is 10.2 Å². The van der Waals surface area contributed by atoms with Gasteiger partial charge in [0, 0.05) is 23.8 Å². The van der Waals surface area contributed by atoms with Crippen LogP contribution in [0.25, 0.3) is 11.3 Å². The first-order valence-corrected chi connectivity index (χ1v) is 11.2. The summed E-state index contributed by atoms with van der Waals surface area (Å²) in [5.74, 6) is -3.88. The van der Waals surface area contributed by atoms with Gasteiger partial charge in [0.2, 0.25) is 0 Å². The number of carbonyl (C=O) groups excluding carboxylic acids is 1. The molecule has 1 heterocycles. The van der Waals surface area contributed by atoms with Crippen LogP contribution in [0.5, 0.6) is 0 Å². The summed E-state index contributed by atoms with van der Waals surface area (Å²) >= 11 is 1.24. The van der Waals surface area contributed by atoms with Gasteiger partial charge in [-0.2, -0.15) is 0 Å². The normalized spacial score (nSPS) is 12.4. The zero-order valence-electron chi connectivity index (χ0n) is 18.0. The van der Waals surface area contributed by atoms with Crippen molar-refractivity contribution in [1.29, 1.82) is 0 Å². The molecule has 0 aliphatic heterocycles. The Morgan fingerprint density at radius 3 is 2.24 bits per heavy atom. The highest BCUT2D eigenvalue weighted by Crippen LogP contribution is 2.25. The maximum Gasteiger partial charge on any atom is 0.326 e. The standard InChI is InChI=1S/C21H25FN4O7S/c22-13-7-5-12(6-8-13)15-11-34-21(24-15)26-16(3-1-2-4-17(27)28)25-20(33)23-14(19(31)32)9-10-18(29)30/h5-8,11,14,16H,1-4,9-10H2,(H,24,26)(H,27,28)(H,29,30)(H,31,32)(H2,23,25,33)/t14-,16?/m0/s1. The molecule has 2 amide bonds. The number of hydrogen-bond donors (Lipinski definition) is 6. The Kier molecular flexibility index (Phi) is 10.2. The van der Waals surface area contributed by atoms with Crippen LogP contribution in [0, 0.1) is 5.82 Å². The van der Waals surface area contributed by atoms with Crippen LogP contribution >= 0.6 is 11.3 Å². The molecule has 2 atom stereocenters. The zero-order valence-corrected chi connectivity index (χ0v) is 18.8. The van der Waals surface area contributed by atoms with Crippen molar-refractivity contribution in [3.63, 3.8) is 0 Å². The first kappa shape index (κ1) is 26.5. The maximum absolute atomic E-state index is 13.1. The molecule has 184 valence electrons. The van der Waals surface area contributed by atoms with E-state index in [2.05, 4.69) is 20.9 Å². The molecule has 2 rings (SSSR count). The smallest absolute Gasteiger partial charge is 0.326 e. The summed E-state index contributed by atoms with van der Waals surface area (Å²) in [4.78, 5) is 49.6. The van der Waals surface area contributed by atoms with Gasteiger partial charge < -0.3 is 31.3 Å². The van der Waals surface area contributed by atoms with Gasteiger partial charge in [-0.05, 0) is 49.9 Å². The number of carboxylic acid groups (broad SMARTS) is 3. The fourth-order valence-corrected chi connectivity index (χ4v) is 3.70. The number of nitrogens with one attached hydrogen (secondary N) is 3. The zero-order chi connectivity index (χ0) is 25.1. The average molecular weight is 497 g/mol. The Morgan fingerprint density at radius 1 is 0.941 bits per heavy atom. The molecular formula is C21H25FN4O7S. The predicted octanol–water partition coefficient (Wildman–Crippen LogP) is 2.95. The Labute approximate surface area is 198 Å². The summed E-state index contributed by atoms with van der Waals surface area (Å²) in [6, 6.07) is 3.54. The maximum atomic E-state index is 13.1. The Morgan fingerprint density at radius 2 is 1.62 bits per heavy atom. The first-order chi connectivity index (χ1) is 16.1. The number of halogens is 1. The molecule has 0 saturated heterocycles.